The second-order valence-electron chi connectivity index (χ2n) is 7.34. The minimum Gasteiger partial charge on any atom is -0.355 e. The van der Waals surface area contributed by atoms with Crippen molar-refractivity contribution in [2.75, 3.05) is 6.54 Å². The topological polar surface area (TPSA) is 74.8 Å². The van der Waals surface area contributed by atoms with Gasteiger partial charge < -0.3 is 10.3 Å². The fraction of sp³-hybridized carbons (Fsp3) is 0.667. The Bertz CT molecular complexity index is 829. The maximum absolute atomic E-state index is 12.3. The molecule has 0 bridgehead atoms. The van der Waals surface area contributed by atoms with Gasteiger partial charge in [0.05, 0.1) is 16.4 Å². The Morgan fingerprint density at radius 2 is 1.86 bits per heavy atom. The summed E-state index contributed by atoms with van der Waals surface area (Å²) in [6.07, 6.45) is 8.69. The molecule has 1 amide bonds. The molecule has 0 fully saturated rings. The number of unbranched alkanes of at least 4 members (excludes halogenated alkanes) is 6. The van der Waals surface area contributed by atoms with Crippen molar-refractivity contribution in [1.29, 1.82) is 0 Å². The number of H-pyrrole nitrogens is 1. The highest BCUT2D eigenvalue weighted by molar-refractivity contribution is 7.99. The highest BCUT2D eigenvalue weighted by Crippen LogP contribution is 2.26. The molecule has 0 radical (unpaired) electrons. The van der Waals surface area contributed by atoms with Gasteiger partial charge in [0, 0.05) is 11.4 Å². The van der Waals surface area contributed by atoms with Gasteiger partial charge >= 0.3 is 0 Å². The molecule has 0 saturated heterocycles. The number of nitrogens with zero attached hydrogens (tertiary/aromatic N) is 1. The zero-order valence-corrected chi connectivity index (χ0v) is 19.2. The van der Waals surface area contributed by atoms with Gasteiger partial charge in [-0.15, -0.1) is 23.1 Å². The van der Waals surface area contributed by atoms with Gasteiger partial charge in [-0.1, -0.05) is 45.4 Å². The van der Waals surface area contributed by atoms with Gasteiger partial charge in [0.2, 0.25) is 5.91 Å². The number of carbonyl (C=O) groups excluding carboxylic acids is 1. The standard InChI is InChI=1S/C21H33N3O2S2/c1-5-6-7-8-9-10-11-12-22-19(25)16(4)27-13-17-23-20(26)18-14(2)15(3)28-21(18)24-17/h16H,5-13H2,1-4H3,(H,22,25)(H,23,24,26). The molecule has 2 aromatic rings. The van der Waals surface area contributed by atoms with Crippen LogP contribution in [-0.4, -0.2) is 27.7 Å². The van der Waals surface area contributed by atoms with Crippen molar-refractivity contribution in [1.82, 2.24) is 15.3 Å². The molecule has 7 heteroatoms. The van der Waals surface area contributed by atoms with Crippen LogP contribution in [0.15, 0.2) is 4.79 Å². The van der Waals surface area contributed by atoms with E-state index >= 15 is 0 Å². The average Bonchev–Trinajstić information content (AvgIpc) is 2.96. The van der Waals surface area contributed by atoms with E-state index in [0.717, 1.165) is 28.2 Å². The zero-order valence-electron chi connectivity index (χ0n) is 17.5. The van der Waals surface area contributed by atoms with E-state index in [4.69, 9.17) is 0 Å². The molecule has 2 heterocycles. The Morgan fingerprint density at radius 1 is 1.18 bits per heavy atom. The monoisotopic (exact) mass is 423 g/mol. The molecule has 28 heavy (non-hydrogen) atoms. The van der Waals surface area contributed by atoms with Crippen molar-refractivity contribution < 1.29 is 4.79 Å². The summed E-state index contributed by atoms with van der Waals surface area (Å²) in [6.45, 7) is 8.84. The third kappa shape index (κ3) is 6.62. The highest BCUT2D eigenvalue weighted by atomic mass is 32.2. The highest BCUT2D eigenvalue weighted by Gasteiger charge is 2.15. The van der Waals surface area contributed by atoms with Crippen LogP contribution >= 0.6 is 23.1 Å². The molecular weight excluding hydrogens is 390 g/mol. The van der Waals surface area contributed by atoms with Gasteiger partial charge in [0.1, 0.15) is 10.7 Å². The molecule has 156 valence electrons. The van der Waals surface area contributed by atoms with E-state index in [1.807, 2.05) is 20.8 Å². The summed E-state index contributed by atoms with van der Waals surface area (Å²) in [4.78, 5) is 33.9. The van der Waals surface area contributed by atoms with Crippen LogP contribution in [0.4, 0.5) is 0 Å². The molecule has 1 atom stereocenters. The average molecular weight is 424 g/mol. The molecule has 0 spiro atoms. The first-order valence-corrected chi connectivity index (χ1v) is 12.2. The molecule has 5 nitrogen and oxygen atoms in total. The van der Waals surface area contributed by atoms with Crippen molar-refractivity contribution in [3.8, 4) is 0 Å². The van der Waals surface area contributed by atoms with E-state index in [0.29, 0.717) is 17.0 Å². The Hall–Kier alpha value is -1.34. The zero-order chi connectivity index (χ0) is 20.5. The third-order valence-corrected chi connectivity index (χ3v) is 7.26. The minimum absolute atomic E-state index is 0.0576. The summed E-state index contributed by atoms with van der Waals surface area (Å²) in [5.74, 6) is 1.21. The summed E-state index contributed by atoms with van der Waals surface area (Å²) >= 11 is 3.05. The lowest BCUT2D eigenvalue weighted by molar-refractivity contribution is -0.120. The molecule has 0 aromatic carbocycles. The van der Waals surface area contributed by atoms with Gasteiger partial charge in [-0.25, -0.2) is 4.98 Å². The Morgan fingerprint density at radius 3 is 2.57 bits per heavy atom. The predicted molar refractivity (Wildman–Crippen MR) is 121 cm³/mol. The fourth-order valence-corrected chi connectivity index (χ4v) is 4.91. The lowest BCUT2D eigenvalue weighted by Gasteiger charge is -2.11. The van der Waals surface area contributed by atoms with Crippen molar-refractivity contribution in [3.63, 3.8) is 0 Å². The first-order chi connectivity index (χ1) is 13.4. The number of aromatic nitrogens is 2. The van der Waals surface area contributed by atoms with E-state index in [2.05, 4.69) is 22.2 Å². The van der Waals surface area contributed by atoms with Crippen molar-refractivity contribution in [3.05, 3.63) is 26.6 Å². The molecule has 0 aliphatic rings. The SMILES string of the molecule is CCCCCCCCCNC(=O)C(C)SCc1nc2sc(C)c(C)c2c(=O)[nH]1. The number of hydrogen-bond donors (Lipinski definition) is 2. The maximum Gasteiger partial charge on any atom is 0.259 e. The lowest BCUT2D eigenvalue weighted by atomic mass is 10.1. The van der Waals surface area contributed by atoms with E-state index in [1.165, 1.54) is 50.3 Å². The Balaban J connectivity index is 1.73. The van der Waals surface area contributed by atoms with Crippen LogP contribution in [0.5, 0.6) is 0 Å². The van der Waals surface area contributed by atoms with Crippen LogP contribution < -0.4 is 10.9 Å². The molecule has 0 saturated carbocycles. The van der Waals surface area contributed by atoms with E-state index in [-0.39, 0.29) is 16.7 Å². The van der Waals surface area contributed by atoms with E-state index < -0.39 is 0 Å². The van der Waals surface area contributed by atoms with Crippen molar-refractivity contribution >= 4 is 39.2 Å². The number of thioether (sulfide) groups is 1. The minimum atomic E-state index is -0.169. The Labute approximate surface area is 176 Å². The quantitative estimate of drug-likeness (QED) is 0.466. The van der Waals surface area contributed by atoms with Gasteiger partial charge in [-0.3, -0.25) is 9.59 Å². The molecule has 2 aromatic heterocycles. The summed E-state index contributed by atoms with van der Waals surface area (Å²) in [5, 5.41) is 3.54. The molecule has 2 rings (SSSR count). The Kier molecular flexibility index (Phi) is 9.51. The number of carbonyl (C=O) groups is 1. The van der Waals surface area contributed by atoms with Crippen LogP contribution in [0.3, 0.4) is 0 Å². The van der Waals surface area contributed by atoms with Crippen LogP contribution in [-0.2, 0) is 10.5 Å². The number of aromatic amines is 1. The normalized spacial score (nSPS) is 12.4. The summed E-state index contributed by atoms with van der Waals surface area (Å²) < 4.78 is 0. The number of thiophene rings is 1. The van der Waals surface area contributed by atoms with Gasteiger partial charge in [-0.2, -0.15) is 0 Å². The summed E-state index contributed by atoms with van der Waals surface area (Å²) in [7, 11) is 0. The first kappa shape index (κ1) is 22.9. The molecule has 0 aliphatic carbocycles. The predicted octanol–water partition coefficient (Wildman–Crippen LogP) is 5.09. The van der Waals surface area contributed by atoms with Gasteiger partial charge in [0.25, 0.3) is 5.56 Å². The molecule has 2 N–H and O–H groups in total. The lowest BCUT2D eigenvalue weighted by Crippen LogP contribution is -2.31. The van der Waals surface area contributed by atoms with Crippen LogP contribution in [0.2, 0.25) is 0 Å². The molecule has 1 unspecified atom stereocenters. The number of nitrogens with one attached hydrogen (secondary N) is 2. The van der Waals surface area contributed by atoms with Crippen LogP contribution in [0, 0.1) is 13.8 Å². The van der Waals surface area contributed by atoms with Crippen LogP contribution in [0.25, 0.3) is 10.2 Å². The van der Waals surface area contributed by atoms with E-state index in [1.54, 1.807) is 11.3 Å². The van der Waals surface area contributed by atoms with Gasteiger partial charge in [-0.05, 0) is 32.8 Å². The fourth-order valence-electron chi connectivity index (χ4n) is 3.08. The molecule has 0 aliphatic heterocycles. The number of fused-ring (bicyclic) bond motifs is 1. The number of amides is 1. The first-order valence-electron chi connectivity index (χ1n) is 10.3. The number of rotatable bonds is 12. The largest absolute Gasteiger partial charge is 0.355 e. The maximum atomic E-state index is 12.3. The number of aryl methyl sites for hydroxylation is 2. The second-order valence-corrected chi connectivity index (χ2v) is 9.87. The van der Waals surface area contributed by atoms with Crippen molar-refractivity contribution in [2.24, 2.45) is 0 Å². The molecular formula is C21H33N3O2S2. The summed E-state index contributed by atoms with van der Waals surface area (Å²) in [6, 6.07) is 0. The number of hydrogen-bond acceptors (Lipinski definition) is 5. The summed E-state index contributed by atoms with van der Waals surface area (Å²) in [5.41, 5.74) is 0.921. The van der Waals surface area contributed by atoms with Gasteiger partial charge in [0.15, 0.2) is 0 Å². The smallest absolute Gasteiger partial charge is 0.259 e. The van der Waals surface area contributed by atoms with Crippen molar-refractivity contribution in [2.45, 2.75) is 83.6 Å². The van der Waals surface area contributed by atoms with Crippen LogP contribution in [0.1, 0.15) is 75.1 Å². The second kappa shape index (κ2) is 11.6. The third-order valence-electron chi connectivity index (χ3n) is 5.01. The van der Waals surface area contributed by atoms with E-state index in [9.17, 15) is 9.59 Å².